The number of nitrogens with zero attached hydrogens (tertiary/aromatic N) is 1. The van der Waals surface area contributed by atoms with Gasteiger partial charge < -0.3 is 10.2 Å². The molecule has 1 aromatic heterocycles. The first-order valence-electron chi connectivity index (χ1n) is 7.34. The van der Waals surface area contributed by atoms with Crippen LogP contribution >= 0.6 is 23.2 Å². The van der Waals surface area contributed by atoms with E-state index in [-0.39, 0.29) is 22.8 Å². The van der Waals surface area contributed by atoms with E-state index in [4.69, 9.17) is 28.3 Å². The van der Waals surface area contributed by atoms with Crippen LogP contribution in [0.25, 0.3) is 10.9 Å². The third kappa shape index (κ3) is 3.08. The molecule has 2 aromatic carbocycles. The SMILES string of the molecule is Cc1c(CC(=O)O)c2cc(O)ccc2n1C(=O)c1ccc(Cl)cc1Cl. The largest absolute Gasteiger partial charge is 0.508 e. The van der Waals surface area contributed by atoms with Gasteiger partial charge in [0.25, 0.3) is 5.91 Å². The van der Waals surface area contributed by atoms with Gasteiger partial charge in [-0.05, 0) is 48.9 Å². The van der Waals surface area contributed by atoms with Crippen LogP contribution in [0.2, 0.25) is 10.0 Å². The van der Waals surface area contributed by atoms with Crippen molar-refractivity contribution in [2.24, 2.45) is 0 Å². The van der Waals surface area contributed by atoms with Gasteiger partial charge in [-0.25, -0.2) is 0 Å². The van der Waals surface area contributed by atoms with E-state index in [1.54, 1.807) is 19.1 Å². The fourth-order valence-corrected chi connectivity index (χ4v) is 3.38. The van der Waals surface area contributed by atoms with Crippen molar-refractivity contribution in [2.45, 2.75) is 13.3 Å². The van der Waals surface area contributed by atoms with Gasteiger partial charge in [-0.15, -0.1) is 0 Å². The van der Waals surface area contributed by atoms with E-state index in [1.807, 2.05) is 0 Å². The van der Waals surface area contributed by atoms with Crippen LogP contribution in [0.4, 0.5) is 0 Å². The van der Waals surface area contributed by atoms with Crippen molar-refractivity contribution in [1.29, 1.82) is 0 Å². The van der Waals surface area contributed by atoms with Gasteiger partial charge in [0.05, 0.1) is 22.5 Å². The van der Waals surface area contributed by atoms with E-state index in [1.165, 1.54) is 28.8 Å². The highest BCUT2D eigenvalue weighted by Gasteiger charge is 2.23. The molecule has 0 spiro atoms. The lowest BCUT2D eigenvalue weighted by molar-refractivity contribution is -0.136. The van der Waals surface area contributed by atoms with Gasteiger partial charge in [-0.3, -0.25) is 14.2 Å². The van der Waals surface area contributed by atoms with Gasteiger partial charge in [0.1, 0.15) is 5.75 Å². The third-order valence-electron chi connectivity index (χ3n) is 4.01. The van der Waals surface area contributed by atoms with Crippen LogP contribution in [0.15, 0.2) is 36.4 Å². The number of carbonyl (C=O) groups excluding carboxylic acids is 1. The highest BCUT2D eigenvalue weighted by Crippen LogP contribution is 2.31. The quantitative estimate of drug-likeness (QED) is 0.713. The van der Waals surface area contributed by atoms with Crippen LogP contribution < -0.4 is 0 Å². The number of hydrogen-bond donors (Lipinski definition) is 2. The van der Waals surface area contributed by atoms with Gasteiger partial charge in [0, 0.05) is 16.1 Å². The van der Waals surface area contributed by atoms with Crippen molar-refractivity contribution in [3.63, 3.8) is 0 Å². The maximum atomic E-state index is 13.0. The average molecular weight is 378 g/mol. The highest BCUT2D eigenvalue weighted by atomic mass is 35.5. The summed E-state index contributed by atoms with van der Waals surface area (Å²) in [6.07, 6.45) is -0.263. The molecule has 0 aliphatic carbocycles. The molecule has 128 valence electrons. The number of aliphatic carboxylic acids is 1. The number of rotatable bonds is 3. The Morgan fingerprint density at radius 1 is 1.12 bits per heavy atom. The molecule has 0 saturated carbocycles. The van der Waals surface area contributed by atoms with Crippen molar-refractivity contribution in [2.75, 3.05) is 0 Å². The molecule has 3 aromatic rings. The Morgan fingerprint density at radius 3 is 2.48 bits per heavy atom. The number of benzene rings is 2. The summed E-state index contributed by atoms with van der Waals surface area (Å²) < 4.78 is 1.40. The summed E-state index contributed by atoms with van der Waals surface area (Å²) in [5, 5.41) is 20.0. The summed E-state index contributed by atoms with van der Waals surface area (Å²) in [7, 11) is 0. The molecule has 3 rings (SSSR count). The summed E-state index contributed by atoms with van der Waals surface area (Å²) in [4.78, 5) is 24.2. The second kappa shape index (κ2) is 6.43. The van der Waals surface area contributed by atoms with Gasteiger partial charge >= 0.3 is 5.97 Å². The van der Waals surface area contributed by atoms with Crippen molar-refractivity contribution in [3.05, 3.63) is 63.3 Å². The Kier molecular flexibility index (Phi) is 4.45. The first kappa shape index (κ1) is 17.3. The van der Waals surface area contributed by atoms with Gasteiger partial charge in [-0.2, -0.15) is 0 Å². The predicted molar refractivity (Wildman–Crippen MR) is 95.9 cm³/mol. The van der Waals surface area contributed by atoms with E-state index in [0.29, 0.717) is 27.2 Å². The number of phenols is 1. The molecule has 0 aliphatic heterocycles. The fraction of sp³-hybridized carbons (Fsp3) is 0.111. The number of phenolic OH excluding ortho intramolecular Hbond substituents is 1. The number of aromatic nitrogens is 1. The molecule has 0 unspecified atom stereocenters. The van der Waals surface area contributed by atoms with Gasteiger partial charge in [-0.1, -0.05) is 23.2 Å². The summed E-state index contributed by atoms with van der Waals surface area (Å²) in [5.74, 6) is -1.43. The van der Waals surface area contributed by atoms with Crippen molar-refractivity contribution in [3.8, 4) is 5.75 Å². The smallest absolute Gasteiger partial charge is 0.307 e. The molecule has 25 heavy (non-hydrogen) atoms. The first-order valence-corrected chi connectivity index (χ1v) is 8.09. The van der Waals surface area contributed by atoms with Crippen LogP contribution in [0.3, 0.4) is 0 Å². The summed E-state index contributed by atoms with van der Waals surface area (Å²) in [5.41, 5.74) is 1.71. The van der Waals surface area contributed by atoms with E-state index in [2.05, 4.69) is 0 Å². The summed E-state index contributed by atoms with van der Waals surface area (Å²) in [6, 6.07) is 9.03. The number of carboxylic acids is 1. The zero-order valence-corrected chi connectivity index (χ0v) is 14.6. The topological polar surface area (TPSA) is 79.5 Å². The normalized spacial score (nSPS) is 11.0. The Labute approximate surface area is 153 Å². The predicted octanol–water partition coefficient (Wildman–Crippen LogP) is 4.28. The number of fused-ring (bicyclic) bond motifs is 1. The number of aromatic hydroxyl groups is 1. The van der Waals surface area contributed by atoms with Crippen LogP contribution in [-0.4, -0.2) is 26.7 Å². The summed E-state index contributed by atoms with van der Waals surface area (Å²) >= 11 is 12.0. The van der Waals surface area contributed by atoms with Gasteiger partial charge in [0.15, 0.2) is 0 Å². The molecule has 5 nitrogen and oxygen atoms in total. The van der Waals surface area contributed by atoms with E-state index < -0.39 is 11.9 Å². The Hall–Kier alpha value is -2.50. The Bertz CT molecular complexity index is 1020. The zero-order chi connectivity index (χ0) is 18.3. The van der Waals surface area contributed by atoms with E-state index >= 15 is 0 Å². The number of carboxylic acid groups (broad SMARTS) is 1. The minimum atomic E-state index is -1.03. The molecule has 0 amide bonds. The summed E-state index contributed by atoms with van der Waals surface area (Å²) in [6.45, 7) is 1.66. The van der Waals surface area contributed by atoms with Crippen molar-refractivity contribution >= 4 is 46.0 Å². The van der Waals surface area contributed by atoms with Crippen LogP contribution in [0.1, 0.15) is 21.6 Å². The zero-order valence-electron chi connectivity index (χ0n) is 13.1. The molecule has 0 radical (unpaired) electrons. The lowest BCUT2D eigenvalue weighted by atomic mass is 10.1. The molecule has 0 bridgehead atoms. The van der Waals surface area contributed by atoms with Gasteiger partial charge in [0.2, 0.25) is 0 Å². The standard InChI is InChI=1S/C18H13Cl2NO4/c1-9-13(8-17(23)24)14-7-11(22)3-5-16(14)21(9)18(25)12-4-2-10(19)6-15(12)20/h2-7,22H,8H2,1H3,(H,23,24). The maximum absolute atomic E-state index is 13.0. The lowest BCUT2D eigenvalue weighted by Crippen LogP contribution is -2.14. The molecule has 0 fully saturated rings. The van der Waals surface area contributed by atoms with E-state index in [0.717, 1.165) is 0 Å². The van der Waals surface area contributed by atoms with Crippen molar-refractivity contribution in [1.82, 2.24) is 4.57 Å². The first-order chi connectivity index (χ1) is 11.8. The number of hydrogen-bond acceptors (Lipinski definition) is 3. The minimum absolute atomic E-state index is 0.00624. The Balaban J connectivity index is 2.27. The maximum Gasteiger partial charge on any atom is 0.307 e. The van der Waals surface area contributed by atoms with Crippen molar-refractivity contribution < 1.29 is 19.8 Å². The van der Waals surface area contributed by atoms with Crippen LogP contribution in [0.5, 0.6) is 5.75 Å². The Morgan fingerprint density at radius 2 is 1.84 bits per heavy atom. The molecule has 7 heteroatoms. The number of carbonyl (C=O) groups is 2. The second-order valence-corrected chi connectivity index (χ2v) is 6.44. The molecule has 1 heterocycles. The molecular weight excluding hydrogens is 365 g/mol. The molecule has 0 aliphatic rings. The van der Waals surface area contributed by atoms with Crippen LogP contribution in [0, 0.1) is 6.92 Å². The molecule has 0 saturated heterocycles. The van der Waals surface area contributed by atoms with Crippen LogP contribution in [-0.2, 0) is 11.2 Å². The number of halogens is 2. The lowest BCUT2D eigenvalue weighted by Gasteiger charge is -2.09. The third-order valence-corrected chi connectivity index (χ3v) is 4.56. The van der Waals surface area contributed by atoms with E-state index in [9.17, 15) is 14.7 Å². The average Bonchev–Trinajstić information content (AvgIpc) is 2.78. The molecule has 2 N–H and O–H groups in total. The molecular formula is C18H13Cl2NO4. The minimum Gasteiger partial charge on any atom is -0.508 e. The monoisotopic (exact) mass is 377 g/mol. The highest BCUT2D eigenvalue weighted by molar-refractivity contribution is 6.37. The fourth-order valence-electron chi connectivity index (χ4n) is 2.89. The molecule has 0 atom stereocenters. The second-order valence-electron chi connectivity index (χ2n) is 5.60.